The van der Waals surface area contributed by atoms with E-state index >= 15 is 0 Å². The fourth-order valence-corrected chi connectivity index (χ4v) is 2.03. The van der Waals surface area contributed by atoms with Crippen LogP contribution in [0.4, 0.5) is 5.82 Å². The van der Waals surface area contributed by atoms with Crippen LogP contribution >= 0.6 is 0 Å². The minimum atomic E-state index is -0.149. The molecule has 0 aliphatic carbocycles. The Morgan fingerprint density at radius 1 is 1.30 bits per heavy atom. The summed E-state index contributed by atoms with van der Waals surface area (Å²) in [5, 5.41) is 10.4. The molecule has 3 heterocycles. The Morgan fingerprint density at radius 2 is 2.15 bits per heavy atom. The van der Waals surface area contributed by atoms with Gasteiger partial charge in [-0.2, -0.15) is 5.10 Å². The van der Waals surface area contributed by atoms with E-state index in [0.717, 1.165) is 27.9 Å². The Hall–Kier alpha value is -2.76. The van der Waals surface area contributed by atoms with Crippen LogP contribution in [0.3, 0.4) is 0 Å². The van der Waals surface area contributed by atoms with E-state index in [1.54, 1.807) is 12.4 Å². The van der Waals surface area contributed by atoms with Crippen molar-refractivity contribution in [1.82, 2.24) is 20.2 Å². The maximum atomic E-state index is 11.1. The van der Waals surface area contributed by atoms with Gasteiger partial charge in [-0.25, -0.2) is 9.97 Å². The van der Waals surface area contributed by atoms with Crippen LogP contribution in [0.25, 0.3) is 22.3 Å². The van der Waals surface area contributed by atoms with Crippen molar-refractivity contribution in [3.63, 3.8) is 0 Å². The number of H-pyrrole nitrogens is 1. The summed E-state index contributed by atoms with van der Waals surface area (Å²) >= 11 is 0. The van der Waals surface area contributed by atoms with Gasteiger partial charge >= 0.3 is 0 Å². The minimum absolute atomic E-state index is 0.149. The second-order valence-corrected chi connectivity index (χ2v) is 4.57. The molecule has 0 fully saturated rings. The van der Waals surface area contributed by atoms with Crippen molar-refractivity contribution in [3.8, 4) is 11.3 Å². The van der Waals surface area contributed by atoms with Gasteiger partial charge < -0.3 is 5.32 Å². The number of aromatic amines is 1. The Bertz CT molecular complexity index is 793. The van der Waals surface area contributed by atoms with Gasteiger partial charge in [0.1, 0.15) is 5.82 Å². The molecule has 0 saturated heterocycles. The monoisotopic (exact) mass is 267 g/mol. The van der Waals surface area contributed by atoms with Gasteiger partial charge in [0.15, 0.2) is 5.65 Å². The lowest BCUT2D eigenvalue weighted by Crippen LogP contribution is -2.07. The zero-order chi connectivity index (χ0) is 14.1. The van der Waals surface area contributed by atoms with Crippen molar-refractivity contribution in [3.05, 3.63) is 36.2 Å². The van der Waals surface area contributed by atoms with Crippen molar-refractivity contribution in [2.75, 3.05) is 5.32 Å². The molecular weight excluding hydrogens is 254 g/mol. The van der Waals surface area contributed by atoms with Crippen LogP contribution in [0, 0.1) is 6.92 Å². The number of anilines is 1. The lowest BCUT2D eigenvalue weighted by molar-refractivity contribution is -0.114. The molecule has 3 rings (SSSR count). The van der Waals surface area contributed by atoms with E-state index in [4.69, 9.17) is 0 Å². The quantitative estimate of drug-likeness (QED) is 0.746. The van der Waals surface area contributed by atoms with Crippen LogP contribution in [0.2, 0.25) is 0 Å². The van der Waals surface area contributed by atoms with Crippen molar-refractivity contribution < 1.29 is 4.79 Å². The van der Waals surface area contributed by atoms with Crippen molar-refractivity contribution in [2.24, 2.45) is 0 Å². The van der Waals surface area contributed by atoms with Crippen LogP contribution in [-0.2, 0) is 4.79 Å². The Kier molecular flexibility index (Phi) is 2.90. The fourth-order valence-electron chi connectivity index (χ4n) is 2.03. The third kappa shape index (κ3) is 2.23. The SMILES string of the molecule is CC(=O)Nc1cc(-c2ccc3cn[nH]c3n2)c(C)cn1. The van der Waals surface area contributed by atoms with Crippen molar-refractivity contribution in [2.45, 2.75) is 13.8 Å². The molecule has 3 aromatic heterocycles. The third-order valence-electron chi connectivity index (χ3n) is 2.98. The van der Waals surface area contributed by atoms with Gasteiger partial charge in [-0.3, -0.25) is 9.89 Å². The molecule has 0 spiro atoms. The van der Waals surface area contributed by atoms with Crippen LogP contribution < -0.4 is 5.32 Å². The molecule has 2 N–H and O–H groups in total. The maximum Gasteiger partial charge on any atom is 0.222 e. The summed E-state index contributed by atoms with van der Waals surface area (Å²) < 4.78 is 0. The Balaban J connectivity index is 2.09. The number of hydrogen-bond acceptors (Lipinski definition) is 4. The van der Waals surface area contributed by atoms with Gasteiger partial charge in [-0.15, -0.1) is 0 Å². The number of pyridine rings is 2. The van der Waals surface area contributed by atoms with Gasteiger partial charge in [0.05, 0.1) is 11.9 Å². The second kappa shape index (κ2) is 4.73. The summed E-state index contributed by atoms with van der Waals surface area (Å²) in [6, 6.07) is 5.71. The number of aryl methyl sites for hydroxylation is 1. The molecule has 0 atom stereocenters. The summed E-state index contributed by atoms with van der Waals surface area (Å²) in [5.41, 5.74) is 3.47. The number of nitrogens with zero attached hydrogens (tertiary/aromatic N) is 3. The summed E-state index contributed by atoms with van der Waals surface area (Å²) in [5.74, 6) is 0.369. The van der Waals surface area contributed by atoms with Crippen molar-refractivity contribution in [1.29, 1.82) is 0 Å². The number of amides is 1. The van der Waals surface area contributed by atoms with Gasteiger partial charge in [0.2, 0.25) is 5.91 Å². The molecule has 0 bridgehead atoms. The minimum Gasteiger partial charge on any atom is -0.311 e. The largest absolute Gasteiger partial charge is 0.311 e. The molecule has 6 heteroatoms. The molecule has 1 amide bonds. The molecule has 0 unspecified atom stereocenters. The molecule has 0 aromatic carbocycles. The van der Waals surface area contributed by atoms with E-state index in [-0.39, 0.29) is 5.91 Å². The number of rotatable bonds is 2. The molecule has 0 aliphatic heterocycles. The average molecular weight is 267 g/mol. The fraction of sp³-hybridized carbons (Fsp3) is 0.143. The topological polar surface area (TPSA) is 83.6 Å². The second-order valence-electron chi connectivity index (χ2n) is 4.57. The number of carbonyl (C=O) groups is 1. The van der Waals surface area contributed by atoms with E-state index in [9.17, 15) is 4.79 Å². The summed E-state index contributed by atoms with van der Waals surface area (Å²) in [6.45, 7) is 3.41. The number of fused-ring (bicyclic) bond motifs is 1. The van der Waals surface area contributed by atoms with Gasteiger partial charge in [0, 0.05) is 24.1 Å². The highest BCUT2D eigenvalue weighted by Gasteiger charge is 2.08. The first-order valence-electron chi connectivity index (χ1n) is 6.18. The Morgan fingerprint density at radius 3 is 2.95 bits per heavy atom. The number of aromatic nitrogens is 4. The van der Waals surface area contributed by atoms with E-state index < -0.39 is 0 Å². The molecule has 20 heavy (non-hydrogen) atoms. The van der Waals surface area contributed by atoms with Gasteiger partial charge in [-0.1, -0.05) is 0 Å². The zero-order valence-corrected chi connectivity index (χ0v) is 11.1. The van der Waals surface area contributed by atoms with E-state index in [2.05, 4.69) is 25.5 Å². The number of nitrogens with one attached hydrogen (secondary N) is 2. The van der Waals surface area contributed by atoms with E-state index in [1.165, 1.54) is 6.92 Å². The maximum absolute atomic E-state index is 11.1. The first kappa shape index (κ1) is 12.3. The molecule has 0 saturated carbocycles. The van der Waals surface area contributed by atoms with E-state index in [0.29, 0.717) is 5.82 Å². The molecule has 3 aromatic rings. The molecule has 0 aliphatic rings. The summed E-state index contributed by atoms with van der Waals surface area (Å²) in [7, 11) is 0. The molecule has 100 valence electrons. The first-order valence-corrected chi connectivity index (χ1v) is 6.18. The average Bonchev–Trinajstić information content (AvgIpc) is 2.87. The summed E-state index contributed by atoms with van der Waals surface area (Å²) in [4.78, 5) is 19.8. The van der Waals surface area contributed by atoms with Crippen LogP contribution in [0.15, 0.2) is 30.6 Å². The highest BCUT2D eigenvalue weighted by Crippen LogP contribution is 2.25. The lowest BCUT2D eigenvalue weighted by atomic mass is 10.1. The van der Waals surface area contributed by atoms with Crippen molar-refractivity contribution >= 4 is 22.8 Å². The first-order chi connectivity index (χ1) is 9.63. The lowest BCUT2D eigenvalue weighted by Gasteiger charge is -2.08. The number of hydrogen-bond donors (Lipinski definition) is 2. The number of carbonyl (C=O) groups excluding carboxylic acids is 1. The predicted octanol–water partition coefficient (Wildman–Crippen LogP) is 2.29. The molecule has 6 nitrogen and oxygen atoms in total. The predicted molar refractivity (Wildman–Crippen MR) is 76.2 cm³/mol. The van der Waals surface area contributed by atoms with Gasteiger partial charge in [0.25, 0.3) is 0 Å². The zero-order valence-electron chi connectivity index (χ0n) is 11.1. The van der Waals surface area contributed by atoms with Crippen LogP contribution in [-0.4, -0.2) is 26.1 Å². The smallest absolute Gasteiger partial charge is 0.222 e. The molecule has 0 radical (unpaired) electrons. The van der Waals surface area contributed by atoms with Crippen LogP contribution in [0.1, 0.15) is 12.5 Å². The standard InChI is InChI=1S/C14H13N5O/c1-8-6-15-13(17-9(2)20)5-11(8)12-4-3-10-7-16-19-14(10)18-12/h3-7H,1-2H3,(H,15,17,20)(H,16,18,19). The molecular formula is C14H13N5O. The van der Waals surface area contributed by atoms with Crippen LogP contribution in [0.5, 0.6) is 0 Å². The third-order valence-corrected chi connectivity index (χ3v) is 2.98. The Labute approximate surface area is 115 Å². The normalized spacial score (nSPS) is 10.7. The van der Waals surface area contributed by atoms with Gasteiger partial charge in [-0.05, 0) is 30.7 Å². The highest BCUT2D eigenvalue weighted by molar-refractivity contribution is 5.88. The van der Waals surface area contributed by atoms with E-state index in [1.807, 2.05) is 25.1 Å². The highest BCUT2D eigenvalue weighted by atomic mass is 16.1. The summed E-state index contributed by atoms with van der Waals surface area (Å²) in [6.07, 6.45) is 3.45.